The molecule has 172 valence electrons. The molecule has 1 amide bonds. The first kappa shape index (κ1) is 23.3. The summed E-state index contributed by atoms with van der Waals surface area (Å²) in [5.74, 6) is -2.20. The first-order chi connectivity index (χ1) is 16.3. The zero-order valence-electron chi connectivity index (χ0n) is 18.3. The number of aromatic nitrogens is 3. The summed E-state index contributed by atoms with van der Waals surface area (Å²) in [6.45, 7) is 1.71. The van der Waals surface area contributed by atoms with Crippen LogP contribution in [0.15, 0.2) is 58.7 Å². The summed E-state index contributed by atoms with van der Waals surface area (Å²) in [5.41, 5.74) is 8.06. The van der Waals surface area contributed by atoms with E-state index >= 15 is 0 Å². The number of H-pyrrole nitrogens is 1. The number of carbonyl (C=O) groups excluding carboxylic acids is 1. The summed E-state index contributed by atoms with van der Waals surface area (Å²) in [7, 11) is 1.60. The van der Waals surface area contributed by atoms with Gasteiger partial charge in [-0.05, 0) is 48.9 Å². The van der Waals surface area contributed by atoms with E-state index in [0.717, 1.165) is 11.3 Å². The Kier molecular flexibility index (Phi) is 6.54. The zero-order valence-corrected chi connectivity index (χ0v) is 19.9. The Hall–Kier alpha value is -3.87. The van der Waals surface area contributed by atoms with Crippen LogP contribution < -0.4 is 16.0 Å². The third kappa shape index (κ3) is 4.33. The summed E-state index contributed by atoms with van der Waals surface area (Å²) < 4.78 is 6.51. The van der Waals surface area contributed by atoms with Gasteiger partial charge in [-0.2, -0.15) is 9.94 Å². The third-order valence-electron chi connectivity index (χ3n) is 5.51. The standard InChI is InChI=1S/C24H20ClN5O3S/c1-13-20(21(18(11-26)22(27)31)15-3-7-16(25)8-4-15)23(32)30(29-13)24-28-19(12-34-24)14-5-9-17(33-2)10-6-14/h3-10,12,18,21,29H,1-2H3,(H2,27,31)/t18-,21-/m0/s1. The maximum atomic E-state index is 13.5. The van der Waals surface area contributed by atoms with Gasteiger partial charge in [-0.1, -0.05) is 23.7 Å². The number of nitrogens with one attached hydrogen (secondary N) is 1. The third-order valence-corrected chi connectivity index (χ3v) is 6.58. The fourth-order valence-corrected chi connectivity index (χ4v) is 4.74. The van der Waals surface area contributed by atoms with Crippen LogP contribution >= 0.6 is 22.9 Å². The van der Waals surface area contributed by atoms with Gasteiger partial charge in [-0.3, -0.25) is 14.7 Å². The number of rotatable bonds is 7. The molecule has 0 radical (unpaired) electrons. The number of aryl methyl sites for hydroxylation is 1. The molecule has 4 rings (SSSR count). The van der Waals surface area contributed by atoms with Crippen LogP contribution in [0.3, 0.4) is 0 Å². The Morgan fingerprint density at radius 1 is 1.24 bits per heavy atom. The second-order valence-corrected chi connectivity index (χ2v) is 8.85. The van der Waals surface area contributed by atoms with Crippen molar-refractivity contribution in [1.82, 2.24) is 14.8 Å². The minimum absolute atomic E-state index is 0.272. The Morgan fingerprint density at radius 2 is 1.91 bits per heavy atom. The predicted molar refractivity (Wildman–Crippen MR) is 130 cm³/mol. The number of aromatic amines is 1. The second kappa shape index (κ2) is 9.55. The highest BCUT2D eigenvalue weighted by Gasteiger charge is 2.34. The number of ether oxygens (including phenoxy) is 1. The molecule has 2 aromatic heterocycles. The lowest BCUT2D eigenvalue weighted by Gasteiger charge is -2.19. The highest BCUT2D eigenvalue weighted by Crippen LogP contribution is 2.33. The van der Waals surface area contributed by atoms with Crippen molar-refractivity contribution in [3.8, 4) is 28.2 Å². The highest BCUT2D eigenvalue weighted by atomic mass is 35.5. The Balaban J connectivity index is 1.80. The Bertz CT molecular complexity index is 1430. The molecule has 2 aromatic carbocycles. The number of nitrogens with zero attached hydrogens (tertiary/aromatic N) is 3. The largest absolute Gasteiger partial charge is 0.497 e. The summed E-state index contributed by atoms with van der Waals surface area (Å²) >= 11 is 7.30. The van der Waals surface area contributed by atoms with Gasteiger partial charge in [0.25, 0.3) is 5.56 Å². The van der Waals surface area contributed by atoms with E-state index in [-0.39, 0.29) is 5.56 Å². The van der Waals surface area contributed by atoms with Crippen molar-refractivity contribution in [2.45, 2.75) is 12.8 Å². The van der Waals surface area contributed by atoms with Crippen LogP contribution in [0.2, 0.25) is 5.02 Å². The lowest BCUT2D eigenvalue weighted by atomic mass is 9.81. The van der Waals surface area contributed by atoms with E-state index < -0.39 is 23.3 Å². The van der Waals surface area contributed by atoms with Crippen LogP contribution in [-0.2, 0) is 4.79 Å². The number of nitrogens with two attached hydrogens (primary N) is 1. The number of nitriles is 1. The van der Waals surface area contributed by atoms with Gasteiger partial charge in [0, 0.05) is 33.1 Å². The molecule has 2 atom stereocenters. The van der Waals surface area contributed by atoms with E-state index in [0.29, 0.717) is 27.1 Å². The molecular formula is C24H20ClN5O3S. The van der Waals surface area contributed by atoms with Crippen LogP contribution in [0.25, 0.3) is 16.4 Å². The van der Waals surface area contributed by atoms with E-state index in [1.165, 1.54) is 16.0 Å². The van der Waals surface area contributed by atoms with Gasteiger partial charge in [0.15, 0.2) is 0 Å². The second-order valence-electron chi connectivity index (χ2n) is 7.57. The zero-order chi connectivity index (χ0) is 24.4. The van der Waals surface area contributed by atoms with E-state index in [1.807, 2.05) is 35.7 Å². The number of amides is 1. The highest BCUT2D eigenvalue weighted by molar-refractivity contribution is 7.12. The summed E-state index contributed by atoms with van der Waals surface area (Å²) in [6, 6.07) is 16.0. The molecule has 8 nitrogen and oxygen atoms in total. The number of carbonyl (C=O) groups is 1. The monoisotopic (exact) mass is 493 g/mol. The predicted octanol–water partition coefficient (Wildman–Crippen LogP) is 4.02. The van der Waals surface area contributed by atoms with E-state index in [2.05, 4.69) is 10.1 Å². The smallest absolute Gasteiger partial charge is 0.277 e. The molecule has 10 heteroatoms. The van der Waals surface area contributed by atoms with Crippen molar-refractivity contribution in [2.75, 3.05) is 7.11 Å². The average Bonchev–Trinajstić information content (AvgIpc) is 3.43. The molecule has 0 unspecified atom stereocenters. The molecule has 3 N–H and O–H groups in total. The number of thiazole rings is 1. The van der Waals surface area contributed by atoms with Crippen molar-refractivity contribution in [3.63, 3.8) is 0 Å². The van der Waals surface area contributed by atoms with Crippen molar-refractivity contribution >= 4 is 28.8 Å². The number of benzene rings is 2. The number of methoxy groups -OCH3 is 1. The SMILES string of the molecule is COc1ccc(-c2csc(-n3[nH]c(C)c([C@@H](c4ccc(Cl)cc4)[C@H](C#N)C(N)=O)c3=O)n2)cc1. The van der Waals surface area contributed by atoms with E-state index in [9.17, 15) is 14.9 Å². The number of hydrogen-bond donors (Lipinski definition) is 2. The van der Waals surface area contributed by atoms with Crippen LogP contribution in [0.5, 0.6) is 5.75 Å². The Labute approximate surface area is 204 Å². The van der Waals surface area contributed by atoms with Gasteiger partial charge < -0.3 is 10.5 Å². The van der Waals surface area contributed by atoms with Crippen LogP contribution in [0.4, 0.5) is 0 Å². The topological polar surface area (TPSA) is 127 Å². The van der Waals surface area contributed by atoms with Gasteiger partial charge >= 0.3 is 0 Å². The molecule has 0 fully saturated rings. The lowest BCUT2D eigenvalue weighted by Crippen LogP contribution is -2.31. The molecule has 0 aliphatic rings. The minimum atomic E-state index is -1.25. The molecular weight excluding hydrogens is 474 g/mol. The first-order valence-corrected chi connectivity index (χ1v) is 11.5. The van der Waals surface area contributed by atoms with Gasteiger partial charge in [0.1, 0.15) is 11.7 Å². The average molecular weight is 494 g/mol. The van der Waals surface area contributed by atoms with Gasteiger partial charge in [-0.25, -0.2) is 4.98 Å². The van der Waals surface area contributed by atoms with Crippen LogP contribution in [0, 0.1) is 24.2 Å². The number of hydrogen-bond acceptors (Lipinski definition) is 6. The van der Waals surface area contributed by atoms with Crippen LogP contribution in [-0.4, -0.2) is 27.8 Å². The maximum absolute atomic E-state index is 13.5. The van der Waals surface area contributed by atoms with Crippen molar-refractivity contribution in [3.05, 3.63) is 86.1 Å². The van der Waals surface area contributed by atoms with Gasteiger partial charge in [-0.15, -0.1) is 11.3 Å². The molecule has 0 aliphatic carbocycles. The molecule has 4 aromatic rings. The first-order valence-electron chi connectivity index (χ1n) is 10.2. The Morgan fingerprint density at radius 3 is 2.50 bits per heavy atom. The molecule has 0 saturated heterocycles. The van der Waals surface area contributed by atoms with Crippen molar-refractivity contribution < 1.29 is 9.53 Å². The van der Waals surface area contributed by atoms with Crippen molar-refractivity contribution in [2.24, 2.45) is 11.7 Å². The molecule has 0 bridgehead atoms. The van der Waals surface area contributed by atoms with Crippen LogP contribution in [0.1, 0.15) is 22.7 Å². The molecule has 0 spiro atoms. The number of halogens is 1. The van der Waals surface area contributed by atoms with E-state index in [4.69, 9.17) is 22.1 Å². The van der Waals surface area contributed by atoms with Crippen molar-refractivity contribution in [1.29, 1.82) is 5.26 Å². The quantitative estimate of drug-likeness (QED) is 0.402. The van der Waals surface area contributed by atoms with E-state index in [1.54, 1.807) is 38.3 Å². The molecule has 2 heterocycles. The number of primary amides is 1. The molecule has 0 saturated carbocycles. The summed E-state index contributed by atoms with van der Waals surface area (Å²) in [4.78, 5) is 30.3. The fourth-order valence-electron chi connectivity index (χ4n) is 3.82. The lowest BCUT2D eigenvalue weighted by molar-refractivity contribution is -0.120. The normalized spacial score (nSPS) is 12.6. The minimum Gasteiger partial charge on any atom is -0.497 e. The van der Waals surface area contributed by atoms with Gasteiger partial charge in [0.2, 0.25) is 11.0 Å². The van der Waals surface area contributed by atoms with Gasteiger partial charge in [0.05, 0.1) is 18.9 Å². The maximum Gasteiger partial charge on any atom is 0.277 e. The summed E-state index contributed by atoms with van der Waals surface area (Å²) in [6.07, 6.45) is 0. The molecule has 0 aliphatic heterocycles. The molecule has 34 heavy (non-hydrogen) atoms. The summed E-state index contributed by atoms with van der Waals surface area (Å²) in [5, 5.41) is 15.5. The fraction of sp³-hybridized carbons (Fsp3) is 0.167.